The third kappa shape index (κ3) is 3.92. The van der Waals surface area contributed by atoms with Gasteiger partial charge in [0.1, 0.15) is 0 Å². The Kier molecular flexibility index (Phi) is 5.56. The van der Waals surface area contributed by atoms with Crippen LogP contribution in [0, 0.1) is 0 Å². The first-order valence-electron chi connectivity index (χ1n) is 4.75. The molecule has 0 rings (SSSR count). The van der Waals surface area contributed by atoms with Crippen LogP contribution in [-0.2, 0) is 9.53 Å². The fraction of sp³-hybridized carbons (Fsp3) is 0.455. The summed E-state index contributed by atoms with van der Waals surface area (Å²) in [6, 6.07) is 0. The summed E-state index contributed by atoms with van der Waals surface area (Å²) in [6.07, 6.45) is 2.69. The molecule has 0 aliphatic heterocycles. The minimum Gasteiger partial charge on any atom is -0.461 e. The monoisotopic (exact) mass is 231 g/mol. The van der Waals surface area contributed by atoms with Gasteiger partial charge in [-0.05, 0) is 26.3 Å². The topological polar surface area (TPSA) is 38.7 Å². The van der Waals surface area contributed by atoms with Gasteiger partial charge < -0.3 is 4.74 Å². The van der Waals surface area contributed by atoms with Crippen LogP contribution in [0.4, 0.5) is 8.78 Å². The summed E-state index contributed by atoms with van der Waals surface area (Å²) in [5, 5.41) is 0. The summed E-state index contributed by atoms with van der Waals surface area (Å²) in [7, 11) is 0. The Labute approximate surface area is 93.5 Å². The number of esters is 1. The van der Waals surface area contributed by atoms with Crippen molar-refractivity contribution in [3.8, 4) is 0 Å². The molecule has 0 N–H and O–H groups in total. The molecule has 0 bridgehead atoms. The highest BCUT2D eigenvalue weighted by Crippen LogP contribution is 2.18. The van der Waals surface area contributed by atoms with E-state index in [1.165, 1.54) is 19.2 Å². The largest absolute Gasteiger partial charge is 0.461 e. The van der Waals surface area contributed by atoms with E-state index in [0.717, 1.165) is 6.92 Å². The minimum atomic E-state index is -3.69. The zero-order valence-corrected chi connectivity index (χ0v) is 9.59. The molecule has 0 saturated carbocycles. The molecule has 0 aromatic carbocycles. The third-order valence-electron chi connectivity index (χ3n) is 1.77. The molecule has 16 heavy (non-hydrogen) atoms. The molecular formula is C11H15F2NO2. The Hall–Kier alpha value is -1.52. The van der Waals surface area contributed by atoms with Crippen LogP contribution in [0.25, 0.3) is 0 Å². The number of aliphatic imine (C=N–C) groups is 1. The van der Waals surface area contributed by atoms with Gasteiger partial charge in [0.25, 0.3) is 0 Å². The van der Waals surface area contributed by atoms with Gasteiger partial charge in [-0.1, -0.05) is 12.7 Å². The number of rotatable bonds is 5. The summed E-state index contributed by atoms with van der Waals surface area (Å²) < 4.78 is 30.8. The molecule has 0 aliphatic carbocycles. The van der Waals surface area contributed by atoms with E-state index < -0.39 is 17.6 Å². The van der Waals surface area contributed by atoms with Crippen LogP contribution in [0.2, 0.25) is 0 Å². The molecule has 0 unspecified atom stereocenters. The van der Waals surface area contributed by atoms with Crippen LogP contribution < -0.4 is 0 Å². The lowest BCUT2D eigenvalue weighted by molar-refractivity contribution is -0.162. The van der Waals surface area contributed by atoms with Gasteiger partial charge in [0.2, 0.25) is 0 Å². The molecule has 0 saturated heterocycles. The molecule has 0 spiro atoms. The number of hydrogen-bond acceptors (Lipinski definition) is 3. The van der Waals surface area contributed by atoms with Gasteiger partial charge in [-0.2, -0.15) is 8.78 Å². The van der Waals surface area contributed by atoms with Crippen LogP contribution in [0.5, 0.6) is 0 Å². The zero-order chi connectivity index (χ0) is 12.8. The number of allylic oxidation sites excluding steroid dienone is 2. The Morgan fingerprint density at radius 3 is 2.50 bits per heavy atom. The van der Waals surface area contributed by atoms with Crippen molar-refractivity contribution in [2.24, 2.45) is 4.99 Å². The molecule has 0 aliphatic rings. The summed E-state index contributed by atoms with van der Waals surface area (Å²) in [5.74, 6) is -5.27. The molecule has 0 atom stereocenters. The molecule has 3 nitrogen and oxygen atoms in total. The van der Waals surface area contributed by atoms with Crippen molar-refractivity contribution in [3.05, 3.63) is 24.4 Å². The molecule has 90 valence electrons. The van der Waals surface area contributed by atoms with Gasteiger partial charge in [0.15, 0.2) is 0 Å². The molecule has 0 fully saturated rings. The Bertz CT molecular complexity index is 333. The van der Waals surface area contributed by atoms with E-state index in [1.807, 2.05) is 0 Å². The Morgan fingerprint density at radius 1 is 1.50 bits per heavy atom. The smallest absolute Gasteiger partial charge is 0.383 e. The lowest BCUT2D eigenvalue weighted by atomic mass is 10.2. The van der Waals surface area contributed by atoms with Gasteiger partial charge >= 0.3 is 11.9 Å². The van der Waals surface area contributed by atoms with E-state index in [2.05, 4.69) is 16.3 Å². The number of alkyl halides is 2. The van der Waals surface area contributed by atoms with Crippen LogP contribution in [0.3, 0.4) is 0 Å². The highest BCUT2D eigenvalue weighted by molar-refractivity contribution is 6.07. The Balaban J connectivity index is 4.88. The SMILES string of the molecule is C=C/C(C)=C\N=C(/C)C(F)(F)C(=O)OCC. The summed E-state index contributed by atoms with van der Waals surface area (Å²) in [4.78, 5) is 14.4. The van der Waals surface area contributed by atoms with Crippen molar-refractivity contribution < 1.29 is 18.3 Å². The number of halogens is 2. The first-order chi connectivity index (χ1) is 7.36. The first kappa shape index (κ1) is 14.5. The average Bonchev–Trinajstić information content (AvgIpc) is 2.25. The lowest BCUT2D eigenvalue weighted by Gasteiger charge is -2.13. The maximum absolute atomic E-state index is 13.3. The highest BCUT2D eigenvalue weighted by Gasteiger charge is 2.43. The van der Waals surface area contributed by atoms with Crippen LogP contribution >= 0.6 is 0 Å². The molecule has 0 aromatic rings. The second-order valence-corrected chi connectivity index (χ2v) is 3.09. The fourth-order valence-electron chi connectivity index (χ4n) is 0.702. The van der Waals surface area contributed by atoms with Gasteiger partial charge in [-0.3, -0.25) is 4.99 Å². The second kappa shape index (κ2) is 6.15. The molecule has 5 heteroatoms. The van der Waals surface area contributed by atoms with E-state index >= 15 is 0 Å². The second-order valence-electron chi connectivity index (χ2n) is 3.09. The van der Waals surface area contributed by atoms with Crippen molar-refractivity contribution >= 4 is 11.7 Å². The van der Waals surface area contributed by atoms with E-state index in [-0.39, 0.29) is 6.61 Å². The van der Waals surface area contributed by atoms with Gasteiger partial charge in [-0.15, -0.1) is 0 Å². The van der Waals surface area contributed by atoms with Crippen LogP contribution in [0.1, 0.15) is 20.8 Å². The summed E-state index contributed by atoms with van der Waals surface area (Å²) in [6.45, 7) is 7.55. The highest BCUT2D eigenvalue weighted by atomic mass is 19.3. The summed E-state index contributed by atoms with van der Waals surface area (Å²) in [5.41, 5.74) is 0.0196. The number of carbonyl (C=O) groups is 1. The number of nitrogens with zero attached hydrogens (tertiary/aromatic N) is 1. The predicted octanol–water partition coefficient (Wildman–Crippen LogP) is 2.74. The van der Waals surface area contributed by atoms with E-state index in [9.17, 15) is 13.6 Å². The number of carbonyl (C=O) groups excluding carboxylic acids is 1. The van der Waals surface area contributed by atoms with Crippen molar-refractivity contribution in [2.45, 2.75) is 26.7 Å². The van der Waals surface area contributed by atoms with Gasteiger partial charge in [-0.25, -0.2) is 4.79 Å². The third-order valence-corrected chi connectivity index (χ3v) is 1.77. The van der Waals surface area contributed by atoms with Gasteiger partial charge in [0.05, 0.1) is 12.3 Å². The average molecular weight is 231 g/mol. The number of ether oxygens (including phenoxy) is 1. The summed E-state index contributed by atoms with van der Waals surface area (Å²) >= 11 is 0. The van der Waals surface area contributed by atoms with E-state index in [1.54, 1.807) is 6.92 Å². The fourth-order valence-corrected chi connectivity index (χ4v) is 0.702. The quantitative estimate of drug-likeness (QED) is 0.414. The Morgan fingerprint density at radius 2 is 2.06 bits per heavy atom. The van der Waals surface area contributed by atoms with E-state index in [4.69, 9.17) is 0 Å². The molecule has 0 heterocycles. The van der Waals surface area contributed by atoms with Crippen LogP contribution in [-0.4, -0.2) is 24.2 Å². The van der Waals surface area contributed by atoms with Crippen molar-refractivity contribution in [1.29, 1.82) is 0 Å². The van der Waals surface area contributed by atoms with Crippen molar-refractivity contribution in [2.75, 3.05) is 6.61 Å². The standard InChI is InChI=1S/C11H15F2NO2/c1-5-8(3)7-14-9(4)11(12,13)10(15)16-6-2/h5,7H,1,6H2,2-4H3/b8-7-,14-9+. The zero-order valence-electron chi connectivity index (χ0n) is 9.59. The molecule has 0 aromatic heterocycles. The van der Waals surface area contributed by atoms with Crippen molar-refractivity contribution in [1.82, 2.24) is 0 Å². The minimum absolute atomic E-state index is 0.0940. The maximum atomic E-state index is 13.3. The lowest BCUT2D eigenvalue weighted by Crippen LogP contribution is -2.37. The molecule has 0 amide bonds. The van der Waals surface area contributed by atoms with Crippen molar-refractivity contribution in [3.63, 3.8) is 0 Å². The van der Waals surface area contributed by atoms with Gasteiger partial charge in [0, 0.05) is 6.20 Å². The van der Waals surface area contributed by atoms with Crippen LogP contribution in [0.15, 0.2) is 29.4 Å². The maximum Gasteiger partial charge on any atom is 0.383 e. The normalized spacial score (nSPS) is 13.6. The molecule has 0 radical (unpaired) electrons. The molecular weight excluding hydrogens is 216 g/mol. The number of hydrogen-bond donors (Lipinski definition) is 0. The van der Waals surface area contributed by atoms with E-state index in [0.29, 0.717) is 5.57 Å². The predicted molar refractivity (Wildman–Crippen MR) is 58.6 cm³/mol. The first-order valence-corrected chi connectivity index (χ1v) is 4.75.